The summed E-state index contributed by atoms with van der Waals surface area (Å²) >= 11 is 0. The summed E-state index contributed by atoms with van der Waals surface area (Å²) < 4.78 is 0. The lowest BCUT2D eigenvalue weighted by Gasteiger charge is -2.19. The van der Waals surface area contributed by atoms with E-state index < -0.39 is 23.9 Å². The quantitative estimate of drug-likeness (QED) is 0.321. The fourth-order valence-corrected chi connectivity index (χ4v) is 3.73. The Bertz CT molecular complexity index is 1080. The highest BCUT2D eigenvalue weighted by Gasteiger charge is 2.29. The molecule has 1 aromatic carbocycles. The van der Waals surface area contributed by atoms with Crippen molar-refractivity contribution in [3.63, 3.8) is 0 Å². The number of hydrogen-bond donors (Lipinski definition) is 6. The van der Waals surface area contributed by atoms with Gasteiger partial charge < -0.3 is 31.9 Å². The molecule has 1 saturated heterocycles. The van der Waals surface area contributed by atoms with Gasteiger partial charge in [0.15, 0.2) is 0 Å². The molecule has 0 saturated carbocycles. The van der Waals surface area contributed by atoms with Gasteiger partial charge in [-0.25, -0.2) is 4.79 Å². The maximum atomic E-state index is 12.4. The lowest BCUT2D eigenvalue weighted by atomic mass is 10.0. The minimum atomic E-state index is -1.30. The van der Waals surface area contributed by atoms with Gasteiger partial charge in [-0.05, 0) is 37.1 Å². The number of amides is 1. The van der Waals surface area contributed by atoms with E-state index in [-0.39, 0.29) is 41.6 Å². The third-order valence-electron chi connectivity index (χ3n) is 5.34. The Balaban J connectivity index is 1.66. The number of rotatable bonds is 8. The molecule has 0 radical (unpaired) electrons. The topological polar surface area (TPSA) is 205 Å². The number of carboxylic acids is 2. The van der Waals surface area contributed by atoms with Crippen LogP contribution in [-0.4, -0.2) is 57.2 Å². The van der Waals surface area contributed by atoms with Crippen LogP contribution in [0.25, 0.3) is 0 Å². The Morgan fingerprint density at radius 3 is 2.50 bits per heavy atom. The van der Waals surface area contributed by atoms with E-state index in [4.69, 9.17) is 16.6 Å². The van der Waals surface area contributed by atoms with Crippen molar-refractivity contribution in [3.05, 3.63) is 45.7 Å². The molecule has 2 unspecified atom stereocenters. The van der Waals surface area contributed by atoms with Crippen molar-refractivity contribution in [2.45, 2.75) is 31.2 Å². The first-order valence-electron chi connectivity index (χ1n) is 9.91. The van der Waals surface area contributed by atoms with Gasteiger partial charge in [0.1, 0.15) is 11.9 Å². The molecule has 0 aliphatic carbocycles. The second kappa shape index (κ2) is 9.37. The van der Waals surface area contributed by atoms with Gasteiger partial charge in [0.05, 0.1) is 5.56 Å². The Morgan fingerprint density at radius 2 is 1.91 bits per heavy atom. The number of aliphatic carboxylic acids is 2. The molecular weight excluding hydrogens is 420 g/mol. The SMILES string of the molecule is Nc1nc(N)c(C2CCN(c3ccc(C(=O)NC(CCC(=O)O)C(=O)O)cc3)C2)c(=O)[nH]1. The zero-order valence-corrected chi connectivity index (χ0v) is 17.1. The lowest BCUT2D eigenvalue weighted by molar-refractivity contribution is -0.140. The van der Waals surface area contributed by atoms with Crippen LogP contribution in [0.4, 0.5) is 17.5 Å². The summed E-state index contributed by atoms with van der Waals surface area (Å²) in [4.78, 5) is 55.0. The number of aromatic amines is 1. The number of nitrogens with two attached hydrogens (primary N) is 2. The normalized spacial score (nSPS) is 16.5. The van der Waals surface area contributed by atoms with E-state index in [0.717, 1.165) is 5.69 Å². The van der Waals surface area contributed by atoms with E-state index in [1.807, 2.05) is 4.90 Å². The van der Waals surface area contributed by atoms with Gasteiger partial charge in [-0.1, -0.05) is 0 Å². The van der Waals surface area contributed by atoms with Crippen LogP contribution in [0.1, 0.15) is 41.1 Å². The third-order valence-corrected chi connectivity index (χ3v) is 5.34. The Hall–Kier alpha value is -4.09. The monoisotopic (exact) mass is 444 g/mol. The molecule has 1 aliphatic heterocycles. The number of anilines is 3. The van der Waals surface area contributed by atoms with E-state index >= 15 is 0 Å². The first-order chi connectivity index (χ1) is 15.2. The molecule has 32 heavy (non-hydrogen) atoms. The average molecular weight is 444 g/mol. The van der Waals surface area contributed by atoms with Crippen molar-refractivity contribution >= 4 is 35.3 Å². The first kappa shape index (κ1) is 22.6. The summed E-state index contributed by atoms with van der Waals surface area (Å²) in [6.07, 6.45) is 0.0973. The second-order valence-corrected chi connectivity index (χ2v) is 7.53. The average Bonchev–Trinajstić information content (AvgIpc) is 3.19. The zero-order valence-electron chi connectivity index (χ0n) is 17.1. The van der Waals surface area contributed by atoms with Gasteiger partial charge in [-0.3, -0.25) is 19.4 Å². The van der Waals surface area contributed by atoms with Crippen molar-refractivity contribution in [1.29, 1.82) is 0 Å². The predicted molar refractivity (Wildman–Crippen MR) is 115 cm³/mol. The van der Waals surface area contributed by atoms with Gasteiger partial charge >= 0.3 is 11.9 Å². The molecule has 170 valence electrons. The number of benzene rings is 1. The lowest BCUT2D eigenvalue weighted by Crippen LogP contribution is -2.41. The van der Waals surface area contributed by atoms with Crippen LogP contribution in [0, 0.1) is 0 Å². The number of aromatic nitrogens is 2. The molecule has 0 spiro atoms. The van der Waals surface area contributed by atoms with E-state index in [9.17, 15) is 24.3 Å². The van der Waals surface area contributed by atoms with E-state index in [1.165, 1.54) is 0 Å². The van der Waals surface area contributed by atoms with Crippen LogP contribution in [0.3, 0.4) is 0 Å². The summed E-state index contributed by atoms with van der Waals surface area (Å²) in [6.45, 7) is 1.19. The summed E-state index contributed by atoms with van der Waals surface area (Å²) in [6, 6.07) is 5.26. The molecule has 0 bridgehead atoms. The van der Waals surface area contributed by atoms with Gasteiger partial charge in [-0.2, -0.15) is 4.98 Å². The standard InChI is InChI=1S/C20H24N6O6/c21-16-15(18(30)25-20(22)24-16)11-7-8-26(9-11)12-3-1-10(2-4-12)17(29)23-13(19(31)32)5-6-14(27)28/h1-4,11,13H,5-9H2,(H,23,29)(H,27,28)(H,31,32)(H5,21,22,24,25,30). The molecule has 1 amide bonds. The smallest absolute Gasteiger partial charge is 0.326 e. The van der Waals surface area contributed by atoms with Crippen molar-refractivity contribution in [3.8, 4) is 0 Å². The van der Waals surface area contributed by atoms with Crippen LogP contribution in [-0.2, 0) is 9.59 Å². The molecule has 3 rings (SSSR count). The number of carboxylic acid groups (broad SMARTS) is 2. The number of carbonyl (C=O) groups excluding carboxylic acids is 1. The number of nitrogens with zero attached hydrogens (tertiary/aromatic N) is 2. The number of nitrogens with one attached hydrogen (secondary N) is 2. The van der Waals surface area contributed by atoms with E-state index in [0.29, 0.717) is 25.1 Å². The van der Waals surface area contributed by atoms with Crippen LogP contribution in [0.15, 0.2) is 29.1 Å². The summed E-state index contributed by atoms with van der Waals surface area (Å²) in [5, 5.41) is 20.2. The van der Waals surface area contributed by atoms with Gasteiger partial charge in [-0.15, -0.1) is 0 Å². The molecular formula is C20H24N6O6. The number of nitrogen functional groups attached to an aromatic ring is 2. The molecule has 2 heterocycles. The predicted octanol–water partition coefficient (Wildman–Crippen LogP) is -0.0240. The fourth-order valence-electron chi connectivity index (χ4n) is 3.73. The highest BCUT2D eigenvalue weighted by atomic mass is 16.4. The summed E-state index contributed by atoms with van der Waals surface area (Å²) in [5.74, 6) is -3.10. The first-order valence-corrected chi connectivity index (χ1v) is 9.91. The molecule has 12 heteroatoms. The van der Waals surface area contributed by atoms with Crippen molar-refractivity contribution in [2.24, 2.45) is 0 Å². The van der Waals surface area contributed by atoms with E-state index in [2.05, 4.69) is 15.3 Å². The molecule has 2 atom stereocenters. The highest BCUT2D eigenvalue weighted by molar-refractivity contribution is 5.97. The molecule has 1 fully saturated rings. The van der Waals surface area contributed by atoms with Crippen LogP contribution in [0.5, 0.6) is 0 Å². The Kier molecular flexibility index (Phi) is 6.61. The third kappa shape index (κ3) is 5.14. The molecule has 1 aromatic heterocycles. The fraction of sp³-hybridized carbons (Fsp3) is 0.350. The maximum absolute atomic E-state index is 12.4. The second-order valence-electron chi connectivity index (χ2n) is 7.53. The van der Waals surface area contributed by atoms with Crippen LogP contribution < -0.4 is 27.2 Å². The zero-order chi connectivity index (χ0) is 23.4. The van der Waals surface area contributed by atoms with Gasteiger partial charge in [0.2, 0.25) is 5.95 Å². The number of hydrogen-bond acceptors (Lipinski definition) is 8. The van der Waals surface area contributed by atoms with Crippen molar-refractivity contribution in [2.75, 3.05) is 29.5 Å². The van der Waals surface area contributed by atoms with Crippen LogP contribution in [0.2, 0.25) is 0 Å². The largest absolute Gasteiger partial charge is 0.481 e. The van der Waals surface area contributed by atoms with Crippen molar-refractivity contribution < 1.29 is 24.6 Å². The number of carbonyl (C=O) groups is 3. The maximum Gasteiger partial charge on any atom is 0.326 e. The van der Waals surface area contributed by atoms with Gasteiger partial charge in [0, 0.05) is 36.7 Å². The Labute approximate surface area is 182 Å². The van der Waals surface area contributed by atoms with Crippen molar-refractivity contribution in [1.82, 2.24) is 15.3 Å². The Morgan fingerprint density at radius 1 is 1.22 bits per heavy atom. The molecule has 1 aliphatic rings. The number of H-pyrrole nitrogens is 1. The molecule has 12 nitrogen and oxygen atoms in total. The summed E-state index contributed by atoms with van der Waals surface area (Å²) in [7, 11) is 0. The highest BCUT2D eigenvalue weighted by Crippen LogP contribution is 2.31. The minimum absolute atomic E-state index is 0.0342. The molecule has 2 aromatic rings. The summed E-state index contributed by atoms with van der Waals surface area (Å²) in [5.41, 5.74) is 12.5. The van der Waals surface area contributed by atoms with Crippen LogP contribution >= 0.6 is 0 Å². The van der Waals surface area contributed by atoms with Gasteiger partial charge in [0.25, 0.3) is 11.5 Å². The minimum Gasteiger partial charge on any atom is -0.481 e. The van der Waals surface area contributed by atoms with E-state index in [1.54, 1.807) is 24.3 Å². The molecule has 8 N–H and O–H groups in total.